The molecule has 0 saturated carbocycles. The molecule has 1 saturated heterocycles. The largest absolute Gasteiger partial charge is 0.395 e. The first kappa shape index (κ1) is 27.7. The van der Waals surface area contributed by atoms with E-state index in [1.807, 2.05) is 61.6 Å². The summed E-state index contributed by atoms with van der Waals surface area (Å²) < 4.78 is 0. The van der Waals surface area contributed by atoms with Gasteiger partial charge in [0, 0.05) is 38.9 Å². The lowest BCUT2D eigenvalue weighted by Crippen LogP contribution is -2.47. The fraction of sp³-hybridized carbons (Fsp3) is 0.750. The van der Waals surface area contributed by atoms with Crippen molar-refractivity contribution < 1.29 is 5.11 Å². The Balaban J connectivity index is -0.000000484. The second-order valence-electron chi connectivity index (χ2n) is 4.25. The van der Waals surface area contributed by atoms with E-state index in [4.69, 9.17) is 5.11 Å². The van der Waals surface area contributed by atoms with Gasteiger partial charge in [0.1, 0.15) is 5.82 Å². The van der Waals surface area contributed by atoms with Crippen LogP contribution in [0.5, 0.6) is 0 Å². The zero-order valence-electron chi connectivity index (χ0n) is 17.8. The van der Waals surface area contributed by atoms with Crippen LogP contribution < -0.4 is 4.90 Å². The Hall–Kier alpha value is -1.13. The van der Waals surface area contributed by atoms with Crippen LogP contribution in [0.25, 0.3) is 0 Å². The molecule has 0 aromatic carbocycles. The SMILES string of the molecule is CC.CC.CC.CC.Cc1ccc(N2CCN(CCO)CC2)nc1. The maximum atomic E-state index is 8.86. The molecule has 0 spiro atoms. The number of pyridine rings is 1. The van der Waals surface area contributed by atoms with E-state index in [0.29, 0.717) is 0 Å². The predicted molar refractivity (Wildman–Crippen MR) is 110 cm³/mol. The third-order valence-corrected chi connectivity index (χ3v) is 3.01. The van der Waals surface area contributed by atoms with Crippen molar-refractivity contribution in [3.8, 4) is 0 Å². The first-order chi connectivity index (χ1) is 11.8. The minimum atomic E-state index is 0.253. The van der Waals surface area contributed by atoms with Gasteiger partial charge in [-0.1, -0.05) is 61.5 Å². The van der Waals surface area contributed by atoms with Crippen LogP contribution in [0.15, 0.2) is 18.3 Å². The fourth-order valence-corrected chi connectivity index (χ4v) is 1.99. The van der Waals surface area contributed by atoms with Gasteiger partial charge in [0.15, 0.2) is 0 Å². The summed E-state index contributed by atoms with van der Waals surface area (Å²) in [6.07, 6.45) is 1.91. The van der Waals surface area contributed by atoms with Gasteiger partial charge in [-0.3, -0.25) is 4.90 Å². The van der Waals surface area contributed by atoms with Crippen molar-refractivity contribution >= 4 is 5.82 Å². The van der Waals surface area contributed by atoms with E-state index in [2.05, 4.69) is 33.8 Å². The number of hydrogen-bond donors (Lipinski definition) is 1. The third kappa shape index (κ3) is 12.3. The van der Waals surface area contributed by atoms with Gasteiger partial charge in [0.2, 0.25) is 0 Å². The number of piperazine rings is 1. The summed E-state index contributed by atoms with van der Waals surface area (Å²) in [7, 11) is 0. The number of β-amino-alcohol motifs (C(OH)–C–C–N with tert-alkyl or cyclic N) is 1. The number of aryl methyl sites for hydroxylation is 1. The van der Waals surface area contributed by atoms with Crippen LogP contribution in [0.2, 0.25) is 0 Å². The normalized spacial score (nSPS) is 12.8. The van der Waals surface area contributed by atoms with E-state index >= 15 is 0 Å². The molecule has 0 atom stereocenters. The minimum absolute atomic E-state index is 0.253. The van der Waals surface area contributed by atoms with E-state index < -0.39 is 0 Å². The van der Waals surface area contributed by atoms with Crippen molar-refractivity contribution in [1.82, 2.24) is 9.88 Å². The predicted octanol–water partition coefficient (Wildman–Crippen LogP) is 4.61. The highest BCUT2D eigenvalue weighted by Crippen LogP contribution is 2.13. The van der Waals surface area contributed by atoms with Crippen LogP contribution in [0.1, 0.15) is 61.0 Å². The molecule has 0 amide bonds. The van der Waals surface area contributed by atoms with Crippen molar-refractivity contribution in [3.05, 3.63) is 23.9 Å². The molecule has 2 rings (SSSR count). The first-order valence-corrected chi connectivity index (χ1v) is 9.80. The molecule has 1 aromatic rings. The highest BCUT2D eigenvalue weighted by molar-refractivity contribution is 5.39. The van der Waals surface area contributed by atoms with Crippen LogP contribution in [-0.2, 0) is 0 Å². The number of aliphatic hydroxyl groups is 1. The summed E-state index contributed by atoms with van der Waals surface area (Å²) in [6.45, 7) is 23.1. The molecule has 4 heteroatoms. The van der Waals surface area contributed by atoms with Gasteiger partial charge in [0.25, 0.3) is 0 Å². The van der Waals surface area contributed by atoms with Crippen molar-refractivity contribution in [2.45, 2.75) is 62.3 Å². The standard InChI is InChI=1S/C12H19N3O.4C2H6/c1-11-2-3-12(13-10-11)15-6-4-14(5-7-15)8-9-16;4*1-2/h2-3,10,16H,4-9H2,1H3;4*1-2H3. The van der Waals surface area contributed by atoms with Crippen molar-refractivity contribution in [1.29, 1.82) is 0 Å². The summed E-state index contributed by atoms with van der Waals surface area (Å²) in [5.41, 5.74) is 1.20. The molecule has 0 bridgehead atoms. The minimum Gasteiger partial charge on any atom is -0.395 e. The Kier molecular flexibility index (Phi) is 25.2. The van der Waals surface area contributed by atoms with Crippen LogP contribution >= 0.6 is 0 Å². The Morgan fingerprint density at radius 3 is 1.75 bits per heavy atom. The molecule has 24 heavy (non-hydrogen) atoms. The van der Waals surface area contributed by atoms with Gasteiger partial charge in [-0.05, 0) is 18.6 Å². The van der Waals surface area contributed by atoms with E-state index in [1.165, 1.54) is 5.56 Å². The third-order valence-electron chi connectivity index (χ3n) is 3.01. The lowest BCUT2D eigenvalue weighted by atomic mass is 10.2. The second kappa shape index (κ2) is 21.9. The molecule has 1 N–H and O–H groups in total. The van der Waals surface area contributed by atoms with Crippen molar-refractivity contribution in [3.63, 3.8) is 0 Å². The van der Waals surface area contributed by atoms with E-state index in [0.717, 1.165) is 38.5 Å². The van der Waals surface area contributed by atoms with Gasteiger partial charge < -0.3 is 10.0 Å². The molecule has 144 valence electrons. The summed E-state index contributed by atoms with van der Waals surface area (Å²) >= 11 is 0. The summed E-state index contributed by atoms with van der Waals surface area (Å²) in [6, 6.07) is 4.18. The molecule has 1 aliphatic heterocycles. The highest BCUT2D eigenvalue weighted by atomic mass is 16.3. The van der Waals surface area contributed by atoms with E-state index in [9.17, 15) is 0 Å². The number of nitrogens with zero attached hydrogens (tertiary/aromatic N) is 3. The number of hydrogen-bond acceptors (Lipinski definition) is 4. The zero-order chi connectivity index (χ0) is 19.4. The molecule has 4 nitrogen and oxygen atoms in total. The van der Waals surface area contributed by atoms with Gasteiger partial charge in [-0.15, -0.1) is 0 Å². The van der Waals surface area contributed by atoms with E-state index in [1.54, 1.807) is 0 Å². The van der Waals surface area contributed by atoms with Gasteiger partial charge in [0.05, 0.1) is 6.61 Å². The Morgan fingerprint density at radius 2 is 1.38 bits per heavy atom. The van der Waals surface area contributed by atoms with Crippen LogP contribution in [0.3, 0.4) is 0 Å². The Bertz CT molecular complexity index is 320. The van der Waals surface area contributed by atoms with Crippen molar-refractivity contribution in [2.75, 3.05) is 44.2 Å². The quantitative estimate of drug-likeness (QED) is 0.871. The van der Waals surface area contributed by atoms with Crippen LogP contribution in [0.4, 0.5) is 5.82 Å². The smallest absolute Gasteiger partial charge is 0.128 e. The average molecular weight is 342 g/mol. The van der Waals surface area contributed by atoms with Crippen LogP contribution in [0, 0.1) is 6.92 Å². The maximum Gasteiger partial charge on any atom is 0.128 e. The van der Waals surface area contributed by atoms with Crippen LogP contribution in [-0.4, -0.2) is 54.3 Å². The number of rotatable bonds is 3. The number of anilines is 1. The van der Waals surface area contributed by atoms with E-state index in [-0.39, 0.29) is 6.61 Å². The molecule has 0 aliphatic carbocycles. The summed E-state index contributed by atoms with van der Waals surface area (Å²) in [5.74, 6) is 1.06. The first-order valence-electron chi connectivity index (χ1n) is 9.80. The zero-order valence-corrected chi connectivity index (χ0v) is 17.8. The van der Waals surface area contributed by atoms with Gasteiger partial charge in [-0.25, -0.2) is 4.98 Å². The van der Waals surface area contributed by atoms with Gasteiger partial charge in [-0.2, -0.15) is 0 Å². The highest BCUT2D eigenvalue weighted by Gasteiger charge is 2.16. The number of aliphatic hydroxyl groups excluding tert-OH is 1. The molecular formula is C20H43N3O. The fourth-order valence-electron chi connectivity index (χ4n) is 1.99. The lowest BCUT2D eigenvalue weighted by Gasteiger charge is -2.35. The Labute approximate surface area is 151 Å². The molecule has 1 fully saturated rings. The molecule has 0 unspecified atom stereocenters. The average Bonchev–Trinajstić information content (AvgIpc) is 2.70. The maximum absolute atomic E-state index is 8.86. The molecule has 1 aliphatic rings. The molecule has 0 radical (unpaired) electrons. The summed E-state index contributed by atoms with van der Waals surface area (Å²) in [4.78, 5) is 9.01. The van der Waals surface area contributed by atoms with Gasteiger partial charge >= 0.3 is 0 Å². The van der Waals surface area contributed by atoms with Crippen molar-refractivity contribution in [2.24, 2.45) is 0 Å². The second-order valence-corrected chi connectivity index (χ2v) is 4.25. The monoisotopic (exact) mass is 341 g/mol. The Morgan fingerprint density at radius 1 is 0.875 bits per heavy atom. The topological polar surface area (TPSA) is 39.6 Å². The number of aromatic nitrogens is 1. The molecule has 1 aromatic heterocycles. The summed E-state index contributed by atoms with van der Waals surface area (Å²) in [5, 5.41) is 8.86. The lowest BCUT2D eigenvalue weighted by molar-refractivity contribution is 0.188. The molecular weight excluding hydrogens is 298 g/mol. The molecule has 2 heterocycles.